The zero-order valence-corrected chi connectivity index (χ0v) is 18.7. The number of non-ortho nitro benzene ring substituents is 1. The highest BCUT2D eigenvalue weighted by Crippen LogP contribution is 2.40. The summed E-state index contributed by atoms with van der Waals surface area (Å²) in [6.07, 6.45) is 9.89. The molecule has 0 radical (unpaired) electrons. The van der Waals surface area contributed by atoms with E-state index in [0.717, 1.165) is 74.1 Å². The predicted molar refractivity (Wildman–Crippen MR) is 122 cm³/mol. The number of benzene rings is 1. The van der Waals surface area contributed by atoms with Crippen molar-refractivity contribution >= 4 is 39.8 Å². The van der Waals surface area contributed by atoms with E-state index in [1.807, 2.05) is 0 Å². The van der Waals surface area contributed by atoms with Crippen LogP contribution in [0, 0.1) is 20.2 Å². The number of thiophene rings is 1. The number of carbonyl (C=O) groups excluding carboxylic acids is 1. The molecular weight excluding hydrogens is 448 g/mol. The molecule has 4 rings (SSSR count). The van der Waals surface area contributed by atoms with Crippen LogP contribution in [0.3, 0.4) is 0 Å². The maximum Gasteiger partial charge on any atom is 0.276 e. The SMILES string of the molecule is O=C(NC1CCCCC1)c1c(N=Cc2cc([N+](=O)[O-])cc([N+](=O)[O-])c2[O-])sc2c1CCCC2. The van der Waals surface area contributed by atoms with Gasteiger partial charge in [0.2, 0.25) is 0 Å². The molecule has 1 aromatic heterocycles. The molecule has 1 fully saturated rings. The molecule has 10 nitrogen and oxygen atoms in total. The lowest BCUT2D eigenvalue weighted by Gasteiger charge is -2.23. The van der Waals surface area contributed by atoms with Gasteiger partial charge in [-0.25, -0.2) is 4.99 Å². The summed E-state index contributed by atoms with van der Waals surface area (Å²) in [5.74, 6) is -1.15. The van der Waals surface area contributed by atoms with Crippen LogP contribution in [0.2, 0.25) is 0 Å². The standard InChI is InChI=1S/C22H24N4O6S/c27-20-13(10-15(25(29)30)11-17(20)26(31)32)12-23-22-19(16-8-4-5-9-18(16)33-22)21(28)24-14-6-2-1-3-7-14/h10-12,14,27H,1-9H2,(H,24,28)/p-1. The zero-order valence-electron chi connectivity index (χ0n) is 17.9. The molecule has 0 spiro atoms. The molecule has 174 valence electrons. The molecule has 1 N–H and O–H groups in total. The van der Waals surface area contributed by atoms with E-state index in [0.29, 0.717) is 16.6 Å². The first-order valence-electron chi connectivity index (χ1n) is 11.0. The minimum Gasteiger partial charge on any atom is -0.867 e. The number of nitrogens with one attached hydrogen (secondary N) is 1. The highest BCUT2D eigenvalue weighted by atomic mass is 32.1. The molecule has 1 aromatic carbocycles. The topological polar surface area (TPSA) is 151 Å². The van der Waals surface area contributed by atoms with Crippen LogP contribution >= 0.6 is 11.3 Å². The zero-order chi connectivity index (χ0) is 23.5. The average Bonchev–Trinajstić information content (AvgIpc) is 3.17. The molecule has 0 atom stereocenters. The van der Waals surface area contributed by atoms with Gasteiger partial charge < -0.3 is 10.4 Å². The third kappa shape index (κ3) is 4.87. The van der Waals surface area contributed by atoms with Crippen molar-refractivity contribution < 1.29 is 19.7 Å². The number of fused-ring (bicyclic) bond motifs is 1. The molecule has 11 heteroatoms. The van der Waals surface area contributed by atoms with Gasteiger partial charge in [-0.3, -0.25) is 25.0 Å². The predicted octanol–water partition coefficient (Wildman–Crippen LogP) is 4.33. The first kappa shape index (κ1) is 22.8. The number of nitro benzene ring substituents is 2. The van der Waals surface area contributed by atoms with Gasteiger partial charge in [0.05, 0.1) is 21.5 Å². The normalized spacial score (nSPS) is 16.5. The van der Waals surface area contributed by atoms with Crippen LogP contribution < -0.4 is 10.4 Å². The highest BCUT2D eigenvalue weighted by Gasteiger charge is 2.27. The van der Waals surface area contributed by atoms with Crippen LogP contribution in [0.5, 0.6) is 5.75 Å². The van der Waals surface area contributed by atoms with Gasteiger partial charge >= 0.3 is 0 Å². The summed E-state index contributed by atoms with van der Waals surface area (Å²) in [5, 5.41) is 38.3. The molecule has 2 aliphatic rings. The van der Waals surface area contributed by atoms with Crippen molar-refractivity contribution in [3.05, 3.63) is 53.9 Å². The molecule has 0 unspecified atom stereocenters. The van der Waals surface area contributed by atoms with Crippen molar-refractivity contribution in [2.75, 3.05) is 0 Å². The molecule has 2 aromatic rings. The van der Waals surface area contributed by atoms with Gasteiger partial charge in [0.15, 0.2) is 0 Å². The molecule has 33 heavy (non-hydrogen) atoms. The van der Waals surface area contributed by atoms with E-state index in [4.69, 9.17) is 0 Å². The fourth-order valence-electron chi connectivity index (χ4n) is 4.47. The summed E-state index contributed by atoms with van der Waals surface area (Å²) >= 11 is 1.37. The summed E-state index contributed by atoms with van der Waals surface area (Å²) in [4.78, 5) is 39.2. The van der Waals surface area contributed by atoms with E-state index < -0.39 is 27.0 Å². The summed E-state index contributed by atoms with van der Waals surface area (Å²) < 4.78 is 0. The smallest absolute Gasteiger partial charge is 0.276 e. The van der Waals surface area contributed by atoms with E-state index in [9.17, 15) is 30.1 Å². The molecule has 0 saturated heterocycles. The molecule has 1 amide bonds. The fraction of sp³-hybridized carbons (Fsp3) is 0.455. The lowest BCUT2D eigenvalue weighted by Crippen LogP contribution is -2.36. The van der Waals surface area contributed by atoms with Gasteiger partial charge in [-0.05, 0) is 55.4 Å². The lowest BCUT2D eigenvalue weighted by molar-refractivity contribution is -0.403. The Morgan fingerprint density at radius 1 is 1.06 bits per heavy atom. The van der Waals surface area contributed by atoms with Crippen LogP contribution in [0.1, 0.15) is 71.3 Å². The van der Waals surface area contributed by atoms with E-state index in [-0.39, 0.29) is 17.5 Å². The Kier molecular flexibility index (Phi) is 6.68. The first-order chi connectivity index (χ1) is 15.8. The summed E-state index contributed by atoms with van der Waals surface area (Å²) in [6, 6.07) is 1.73. The summed E-state index contributed by atoms with van der Waals surface area (Å²) in [6.45, 7) is 0. The van der Waals surface area contributed by atoms with Crippen molar-refractivity contribution in [3.8, 4) is 5.75 Å². The van der Waals surface area contributed by atoms with E-state index >= 15 is 0 Å². The van der Waals surface area contributed by atoms with Crippen molar-refractivity contribution in [3.63, 3.8) is 0 Å². The monoisotopic (exact) mass is 471 g/mol. The molecule has 1 saturated carbocycles. The minimum absolute atomic E-state index is 0.120. The van der Waals surface area contributed by atoms with Crippen molar-refractivity contribution in [1.82, 2.24) is 5.32 Å². The van der Waals surface area contributed by atoms with Gasteiger partial charge in [0, 0.05) is 23.2 Å². The number of hydrogen-bond acceptors (Lipinski definition) is 8. The number of aliphatic imine (C=N–C) groups is 1. The Labute approximate surface area is 193 Å². The second-order valence-electron chi connectivity index (χ2n) is 8.36. The molecule has 1 heterocycles. The number of nitrogens with zero attached hydrogens (tertiary/aromatic N) is 3. The summed E-state index contributed by atoms with van der Waals surface area (Å²) in [7, 11) is 0. The first-order valence-corrected chi connectivity index (χ1v) is 11.8. The largest absolute Gasteiger partial charge is 0.867 e. The number of nitro groups is 2. The van der Waals surface area contributed by atoms with E-state index in [1.54, 1.807) is 0 Å². The van der Waals surface area contributed by atoms with Crippen LogP contribution in [-0.4, -0.2) is 28.0 Å². The Hall–Kier alpha value is -3.34. The van der Waals surface area contributed by atoms with Crippen LogP contribution in [0.15, 0.2) is 17.1 Å². The maximum atomic E-state index is 13.2. The molecule has 0 bridgehead atoms. The Morgan fingerprint density at radius 3 is 2.48 bits per heavy atom. The van der Waals surface area contributed by atoms with Crippen molar-refractivity contribution in [1.29, 1.82) is 0 Å². The maximum absolute atomic E-state index is 13.2. The number of rotatable bonds is 6. The third-order valence-corrected chi connectivity index (χ3v) is 7.33. The quantitative estimate of drug-likeness (QED) is 0.376. The molecule has 0 aliphatic heterocycles. The van der Waals surface area contributed by atoms with Crippen LogP contribution in [0.4, 0.5) is 16.4 Å². The van der Waals surface area contributed by atoms with E-state index in [1.165, 1.54) is 17.8 Å². The van der Waals surface area contributed by atoms with Gasteiger partial charge in [-0.2, -0.15) is 0 Å². The number of amides is 1. The van der Waals surface area contributed by atoms with Gasteiger partial charge in [-0.1, -0.05) is 19.3 Å². The Balaban J connectivity index is 1.71. The summed E-state index contributed by atoms with van der Waals surface area (Å²) in [5.41, 5.74) is -0.251. The highest BCUT2D eigenvalue weighted by molar-refractivity contribution is 7.16. The van der Waals surface area contributed by atoms with Gasteiger partial charge in [0.1, 0.15) is 5.00 Å². The molecule has 2 aliphatic carbocycles. The third-order valence-electron chi connectivity index (χ3n) is 6.13. The average molecular weight is 472 g/mol. The van der Waals surface area contributed by atoms with Crippen molar-refractivity contribution in [2.45, 2.75) is 63.8 Å². The van der Waals surface area contributed by atoms with Crippen LogP contribution in [-0.2, 0) is 12.8 Å². The van der Waals surface area contributed by atoms with E-state index in [2.05, 4.69) is 10.3 Å². The fourth-order valence-corrected chi connectivity index (χ4v) is 5.70. The van der Waals surface area contributed by atoms with Gasteiger partial charge in [0.25, 0.3) is 17.3 Å². The van der Waals surface area contributed by atoms with Crippen molar-refractivity contribution in [2.24, 2.45) is 4.99 Å². The van der Waals surface area contributed by atoms with Crippen LogP contribution in [0.25, 0.3) is 0 Å². The number of carbonyl (C=O) groups is 1. The van der Waals surface area contributed by atoms with Gasteiger partial charge in [-0.15, -0.1) is 11.3 Å². The Morgan fingerprint density at radius 2 is 1.79 bits per heavy atom. The second-order valence-corrected chi connectivity index (χ2v) is 9.44. The number of hydrogen-bond donors (Lipinski definition) is 1. The Bertz CT molecular complexity index is 1140. The molecular formula is C22H23N4O6S-. The number of aryl methyl sites for hydroxylation is 1. The second kappa shape index (κ2) is 9.65. The minimum atomic E-state index is -0.955. The lowest BCUT2D eigenvalue weighted by atomic mass is 9.93.